The van der Waals surface area contributed by atoms with Crippen molar-refractivity contribution in [3.8, 4) is 0 Å². The molecule has 0 fully saturated rings. The van der Waals surface area contributed by atoms with E-state index in [-0.39, 0.29) is 17.0 Å². The van der Waals surface area contributed by atoms with Crippen molar-refractivity contribution in [2.24, 2.45) is 4.74 Å². The van der Waals surface area contributed by atoms with E-state index in [1.165, 1.54) is 13.0 Å². The first kappa shape index (κ1) is 25.1. The van der Waals surface area contributed by atoms with Gasteiger partial charge in [-0.1, -0.05) is 109 Å². The van der Waals surface area contributed by atoms with E-state index in [9.17, 15) is 14.4 Å². The predicted molar refractivity (Wildman–Crippen MR) is 153 cm³/mol. The lowest BCUT2D eigenvalue weighted by Gasteiger charge is -2.28. The first-order chi connectivity index (χ1) is 18.5. The second-order valence-electron chi connectivity index (χ2n) is 8.76. The van der Waals surface area contributed by atoms with Crippen LogP contribution < -0.4 is 21.2 Å². The first-order valence-electron chi connectivity index (χ1n) is 12.2. The third-order valence-electron chi connectivity index (χ3n) is 6.26. The molecule has 0 aliphatic heterocycles. The topological polar surface area (TPSA) is 75.6 Å². The molecule has 0 aromatic heterocycles. The molecule has 0 amide bonds. The zero-order chi connectivity index (χ0) is 26.5. The van der Waals surface area contributed by atoms with Gasteiger partial charge in [-0.15, -0.1) is 0 Å². The number of carbonyl (C=O) groups excluding carboxylic acids is 3. The minimum Gasteiger partial charge on any atom is -0.352 e. The molecule has 1 aliphatic rings. The highest BCUT2D eigenvalue weighted by atomic mass is 31.2. The summed E-state index contributed by atoms with van der Waals surface area (Å²) in [4.78, 5) is 40.2. The van der Waals surface area contributed by atoms with Gasteiger partial charge in [0, 0.05) is 27.7 Å². The van der Waals surface area contributed by atoms with Crippen LogP contribution in [0.25, 0.3) is 0 Å². The van der Waals surface area contributed by atoms with Crippen LogP contribution in [-0.4, -0.2) is 17.3 Å². The van der Waals surface area contributed by atoms with Gasteiger partial charge < -0.3 is 5.32 Å². The van der Waals surface area contributed by atoms with Crippen molar-refractivity contribution < 1.29 is 14.4 Å². The minimum atomic E-state index is -2.86. The zero-order valence-electron chi connectivity index (χ0n) is 20.7. The van der Waals surface area contributed by atoms with Crippen molar-refractivity contribution >= 4 is 46.0 Å². The van der Waals surface area contributed by atoms with Crippen LogP contribution in [0.5, 0.6) is 0 Å². The quantitative estimate of drug-likeness (QED) is 0.209. The highest BCUT2D eigenvalue weighted by molar-refractivity contribution is 7.87. The van der Waals surface area contributed by atoms with Crippen molar-refractivity contribution in [3.05, 3.63) is 144 Å². The van der Waals surface area contributed by atoms with Gasteiger partial charge in [0.2, 0.25) is 11.6 Å². The molecule has 5 rings (SSSR count). The second kappa shape index (κ2) is 10.8. The van der Waals surface area contributed by atoms with Crippen LogP contribution in [0.2, 0.25) is 0 Å². The van der Waals surface area contributed by atoms with Gasteiger partial charge in [0.15, 0.2) is 5.78 Å². The summed E-state index contributed by atoms with van der Waals surface area (Å²) >= 11 is 0. The van der Waals surface area contributed by atoms with Crippen LogP contribution in [0.3, 0.4) is 0 Å². The Kier molecular flexibility index (Phi) is 7.12. The summed E-state index contributed by atoms with van der Waals surface area (Å²) in [5, 5.41) is 5.72. The Bertz CT molecular complexity index is 1520. The maximum Gasteiger partial charge on any atom is 0.215 e. The number of carbonyl (C=O) groups is 3. The van der Waals surface area contributed by atoms with Gasteiger partial charge in [-0.05, 0) is 19.1 Å². The van der Waals surface area contributed by atoms with E-state index < -0.39 is 24.4 Å². The van der Waals surface area contributed by atoms with E-state index >= 15 is 0 Å². The van der Waals surface area contributed by atoms with Crippen molar-refractivity contribution in [3.63, 3.8) is 0 Å². The molecule has 0 bridgehead atoms. The molecule has 1 N–H and O–H groups in total. The maximum absolute atomic E-state index is 13.7. The molecule has 0 saturated heterocycles. The van der Waals surface area contributed by atoms with Crippen molar-refractivity contribution in [2.45, 2.75) is 6.92 Å². The number of ketones is 3. The van der Waals surface area contributed by atoms with Crippen LogP contribution in [0.15, 0.2) is 149 Å². The number of hydrogen-bond acceptors (Lipinski definition) is 5. The van der Waals surface area contributed by atoms with Gasteiger partial charge in [-0.3, -0.25) is 14.4 Å². The summed E-state index contributed by atoms with van der Waals surface area (Å²) in [6.07, 6.45) is 1.25. The van der Waals surface area contributed by atoms with Gasteiger partial charge in [-0.25, -0.2) is 4.74 Å². The van der Waals surface area contributed by atoms with E-state index in [2.05, 4.69) is 5.32 Å². The fourth-order valence-corrected chi connectivity index (χ4v) is 8.08. The molecule has 5 nitrogen and oxygen atoms in total. The van der Waals surface area contributed by atoms with Crippen LogP contribution in [0, 0.1) is 0 Å². The van der Waals surface area contributed by atoms with Crippen LogP contribution in [0.1, 0.15) is 6.92 Å². The number of rotatable bonds is 7. The van der Waals surface area contributed by atoms with Crippen molar-refractivity contribution in [2.75, 3.05) is 5.32 Å². The lowest BCUT2D eigenvalue weighted by atomic mass is 9.94. The highest BCUT2D eigenvalue weighted by Gasteiger charge is 2.35. The third kappa shape index (κ3) is 4.72. The molecule has 0 radical (unpaired) electrons. The van der Waals surface area contributed by atoms with E-state index in [4.69, 9.17) is 4.74 Å². The van der Waals surface area contributed by atoms with Gasteiger partial charge >= 0.3 is 0 Å². The van der Waals surface area contributed by atoms with Crippen molar-refractivity contribution in [1.82, 2.24) is 0 Å². The Balaban J connectivity index is 1.80. The van der Waals surface area contributed by atoms with Gasteiger partial charge in [0.1, 0.15) is 5.70 Å². The monoisotopic (exact) mass is 516 g/mol. The summed E-state index contributed by atoms with van der Waals surface area (Å²) in [6.45, 7) is 1.30. The summed E-state index contributed by atoms with van der Waals surface area (Å²) in [5.74, 6) is -1.54. The fourth-order valence-electron chi connectivity index (χ4n) is 4.53. The number of benzene rings is 4. The standard InChI is InChI=1S/C32H25N2O3P/c1-23(35)30-31(29(36)22-28(32(30)37)33-24-14-6-2-7-15-24)34-38(25-16-8-3-9-17-25,26-18-10-4-11-19-26)27-20-12-5-13-21-27/h2-22,33H,1H3. The van der Waals surface area contributed by atoms with Crippen LogP contribution in [0.4, 0.5) is 5.69 Å². The number of nitrogens with one attached hydrogen (secondary N) is 1. The molecule has 0 heterocycles. The second-order valence-corrected chi connectivity index (χ2v) is 11.8. The third-order valence-corrected chi connectivity index (χ3v) is 9.90. The summed E-state index contributed by atoms with van der Waals surface area (Å²) < 4.78 is 5.18. The average Bonchev–Trinajstić information content (AvgIpc) is 2.96. The van der Waals surface area contributed by atoms with Gasteiger partial charge in [0.05, 0.1) is 18.3 Å². The molecule has 6 heteroatoms. The van der Waals surface area contributed by atoms with Crippen LogP contribution >= 0.6 is 7.05 Å². The van der Waals surface area contributed by atoms with E-state index in [0.717, 1.165) is 15.9 Å². The molecule has 1 aliphatic carbocycles. The van der Waals surface area contributed by atoms with Gasteiger partial charge in [0.25, 0.3) is 0 Å². The fraction of sp³-hybridized carbons (Fsp3) is 0.0312. The normalized spacial score (nSPS) is 13.7. The number of allylic oxidation sites excluding steroid dienone is 2. The molecule has 0 unspecified atom stereocenters. The van der Waals surface area contributed by atoms with E-state index in [1.54, 1.807) is 12.1 Å². The maximum atomic E-state index is 13.7. The zero-order valence-corrected chi connectivity index (χ0v) is 21.6. The lowest BCUT2D eigenvalue weighted by Crippen LogP contribution is -2.29. The highest BCUT2D eigenvalue weighted by Crippen LogP contribution is 2.48. The Hall–Kier alpha value is -4.60. The Morgan fingerprint density at radius 1 is 0.658 bits per heavy atom. The number of nitrogens with zero attached hydrogens (tertiary/aromatic N) is 1. The summed E-state index contributed by atoms with van der Waals surface area (Å²) in [5.41, 5.74) is 0.380. The SMILES string of the molecule is CC(=O)C1=C(N=P(c2ccccc2)(c2ccccc2)c2ccccc2)C(=O)C=C(Nc2ccccc2)C1=O. The summed E-state index contributed by atoms with van der Waals surface area (Å²) in [6, 6.07) is 38.3. The van der Waals surface area contributed by atoms with Gasteiger partial charge in [-0.2, -0.15) is 0 Å². The first-order valence-corrected chi connectivity index (χ1v) is 13.9. The van der Waals surface area contributed by atoms with Crippen molar-refractivity contribution in [1.29, 1.82) is 0 Å². The van der Waals surface area contributed by atoms with Crippen LogP contribution in [-0.2, 0) is 14.4 Å². The Labute approximate surface area is 221 Å². The molecule has 4 aromatic carbocycles. The molecule has 38 heavy (non-hydrogen) atoms. The molecule has 4 aromatic rings. The molecule has 0 atom stereocenters. The lowest BCUT2D eigenvalue weighted by molar-refractivity contribution is -0.120. The molecule has 0 saturated carbocycles. The molecular weight excluding hydrogens is 491 g/mol. The number of anilines is 1. The van der Waals surface area contributed by atoms with E-state index in [0.29, 0.717) is 5.69 Å². The Morgan fingerprint density at radius 2 is 1.08 bits per heavy atom. The minimum absolute atomic E-state index is 0.0495. The largest absolute Gasteiger partial charge is 0.352 e. The Morgan fingerprint density at radius 3 is 1.50 bits per heavy atom. The number of Topliss-reactive ketones (excluding diaryl/α,β-unsaturated/α-hetero) is 2. The smallest absolute Gasteiger partial charge is 0.215 e. The predicted octanol–water partition coefficient (Wildman–Crippen LogP) is 5.16. The van der Waals surface area contributed by atoms with E-state index in [1.807, 2.05) is 109 Å². The average molecular weight is 517 g/mol. The summed E-state index contributed by atoms with van der Waals surface area (Å²) in [7, 11) is -2.86. The number of hydrogen-bond donors (Lipinski definition) is 1. The molecule has 186 valence electrons. The molecular formula is C32H25N2O3P. The number of para-hydroxylation sites is 1. The molecule has 0 spiro atoms.